The fourth-order valence-corrected chi connectivity index (χ4v) is 2.92. The number of aliphatic hydroxyl groups excluding tert-OH is 1. The molecule has 1 unspecified atom stereocenters. The summed E-state index contributed by atoms with van der Waals surface area (Å²) in [6, 6.07) is 9.19. The Morgan fingerprint density at radius 3 is 2.86 bits per heavy atom. The number of para-hydroxylation sites is 1. The minimum atomic E-state index is -0.826. The van der Waals surface area contributed by atoms with E-state index in [0.717, 1.165) is 12.8 Å². The average Bonchev–Trinajstić information content (AvgIpc) is 2.69. The van der Waals surface area contributed by atoms with Gasteiger partial charge in [0.25, 0.3) is 0 Å². The molecule has 0 radical (unpaired) electrons. The second-order valence-electron chi connectivity index (χ2n) is 6.66. The Kier molecular flexibility index (Phi) is 9.09. The van der Waals surface area contributed by atoms with Crippen LogP contribution in [0.2, 0.25) is 0 Å². The number of hydrogen-bond donors (Lipinski definition) is 2. The number of ether oxygens (including phenoxy) is 1. The number of nitrogens with zero attached hydrogens (tertiary/aromatic N) is 1. The number of rotatable bonds is 9. The van der Waals surface area contributed by atoms with Gasteiger partial charge in [0, 0.05) is 19.3 Å². The van der Waals surface area contributed by atoms with Crippen molar-refractivity contribution in [1.82, 2.24) is 4.90 Å². The number of piperidine rings is 1. The lowest BCUT2D eigenvalue weighted by Gasteiger charge is -2.32. The number of amides is 1. The van der Waals surface area contributed by atoms with E-state index in [9.17, 15) is 14.7 Å². The number of carbonyl (C=O) groups is 2. The Hall–Kier alpha value is -2.78. The third-order valence-corrected chi connectivity index (χ3v) is 4.40. The van der Waals surface area contributed by atoms with E-state index in [-0.39, 0.29) is 25.0 Å². The zero-order valence-electron chi connectivity index (χ0n) is 15.9. The van der Waals surface area contributed by atoms with E-state index in [4.69, 9.17) is 9.84 Å². The molecule has 0 spiro atoms. The summed E-state index contributed by atoms with van der Waals surface area (Å²) in [5.74, 6) is 5.82. The summed E-state index contributed by atoms with van der Waals surface area (Å²) in [6.45, 7) is 0.460. The van der Waals surface area contributed by atoms with Crippen LogP contribution in [0.3, 0.4) is 0 Å². The van der Waals surface area contributed by atoms with Crippen molar-refractivity contribution in [3.63, 3.8) is 0 Å². The number of carboxylic acid groups (broad SMARTS) is 1. The molecule has 1 aliphatic rings. The van der Waals surface area contributed by atoms with E-state index in [0.29, 0.717) is 31.6 Å². The zero-order chi connectivity index (χ0) is 20.2. The second-order valence-corrected chi connectivity index (χ2v) is 6.66. The minimum Gasteiger partial charge on any atom is -0.491 e. The molecule has 6 nitrogen and oxygen atoms in total. The topological polar surface area (TPSA) is 87.1 Å². The molecule has 0 aromatic heterocycles. The van der Waals surface area contributed by atoms with Gasteiger partial charge in [-0.15, -0.1) is 5.92 Å². The summed E-state index contributed by atoms with van der Waals surface area (Å²) in [6.07, 6.45) is 6.01. The van der Waals surface area contributed by atoms with Gasteiger partial charge >= 0.3 is 5.97 Å². The maximum atomic E-state index is 12.2. The summed E-state index contributed by atoms with van der Waals surface area (Å²) in [4.78, 5) is 24.4. The molecule has 0 aliphatic carbocycles. The number of benzene rings is 1. The van der Waals surface area contributed by atoms with E-state index < -0.39 is 12.1 Å². The molecular formula is C22H27NO5. The van der Waals surface area contributed by atoms with Crippen LogP contribution in [0.4, 0.5) is 0 Å². The molecule has 150 valence electrons. The van der Waals surface area contributed by atoms with E-state index in [2.05, 4.69) is 11.8 Å². The molecule has 6 heteroatoms. The third kappa shape index (κ3) is 7.85. The van der Waals surface area contributed by atoms with Crippen LogP contribution in [0.15, 0.2) is 42.5 Å². The van der Waals surface area contributed by atoms with E-state index in [1.54, 1.807) is 11.0 Å². The fourth-order valence-electron chi connectivity index (χ4n) is 2.92. The maximum Gasteiger partial charge on any atom is 0.303 e. The number of aliphatic carboxylic acids is 1. The molecule has 28 heavy (non-hydrogen) atoms. The number of aliphatic hydroxyl groups is 1. The molecule has 1 fully saturated rings. The van der Waals surface area contributed by atoms with Crippen LogP contribution in [0.1, 0.15) is 38.5 Å². The Labute approximate surface area is 165 Å². The van der Waals surface area contributed by atoms with Gasteiger partial charge in [-0.1, -0.05) is 36.3 Å². The number of carbonyl (C=O) groups excluding carboxylic acids is 1. The standard InChI is InChI=1S/C22H27NO5/c24-19(17-28-20-10-4-3-5-11-20)15-14-18-9-8-12-21(25)23(18)16-7-2-1-6-13-22(26)27/h3-5,10-11,14-15,18-19,24H,1,6,8-9,12-13,16-17H2,(H,26,27)/b15-14+/t18-,19?/m1/s1. The first-order valence-electron chi connectivity index (χ1n) is 9.57. The summed E-state index contributed by atoms with van der Waals surface area (Å²) in [5, 5.41) is 18.7. The van der Waals surface area contributed by atoms with Crippen molar-refractivity contribution in [2.75, 3.05) is 13.2 Å². The first kappa shape index (κ1) is 21.5. The van der Waals surface area contributed by atoms with Gasteiger partial charge in [-0.05, 0) is 31.4 Å². The molecule has 1 saturated heterocycles. The third-order valence-electron chi connectivity index (χ3n) is 4.40. The lowest BCUT2D eigenvalue weighted by atomic mass is 10.0. The highest BCUT2D eigenvalue weighted by Crippen LogP contribution is 2.19. The Morgan fingerprint density at radius 1 is 1.32 bits per heavy atom. The molecule has 0 bridgehead atoms. The molecule has 1 aromatic rings. The number of unbranched alkanes of at least 4 members (excludes halogenated alkanes) is 1. The van der Waals surface area contributed by atoms with E-state index in [1.165, 1.54) is 0 Å². The van der Waals surface area contributed by atoms with Crippen LogP contribution in [0.25, 0.3) is 0 Å². The summed E-state index contributed by atoms with van der Waals surface area (Å²) >= 11 is 0. The largest absolute Gasteiger partial charge is 0.491 e. The normalized spacial score (nSPS) is 17.8. The summed E-state index contributed by atoms with van der Waals surface area (Å²) in [5.41, 5.74) is 0. The van der Waals surface area contributed by atoms with Crippen molar-refractivity contribution in [1.29, 1.82) is 0 Å². The van der Waals surface area contributed by atoms with Gasteiger partial charge < -0.3 is 19.8 Å². The Morgan fingerprint density at radius 2 is 2.11 bits per heavy atom. The lowest BCUT2D eigenvalue weighted by Crippen LogP contribution is -2.42. The first-order chi connectivity index (χ1) is 13.6. The maximum absolute atomic E-state index is 12.2. The molecule has 1 heterocycles. The van der Waals surface area contributed by atoms with Crippen molar-refractivity contribution >= 4 is 11.9 Å². The molecule has 1 aliphatic heterocycles. The van der Waals surface area contributed by atoms with Crippen molar-refractivity contribution < 1.29 is 24.5 Å². The van der Waals surface area contributed by atoms with Crippen LogP contribution in [-0.2, 0) is 9.59 Å². The van der Waals surface area contributed by atoms with Crippen molar-refractivity contribution in [2.45, 2.75) is 50.7 Å². The molecule has 0 saturated carbocycles. The van der Waals surface area contributed by atoms with E-state index in [1.807, 2.05) is 36.4 Å². The molecular weight excluding hydrogens is 358 g/mol. The van der Waals surface area contributed by atoms with Crippen molar-refractivity contribution in [3.8, 4) is 17.6 Å². The first-order valence-corrected chi connectivity index (χ1v) is 9.57. The second kappa shape index (κ2) is 11.8. The van der Waals surface area contributed by atoms with Gasteiger partial charge in [-0.25, -0.2) is 0 Å². The van der Waals surface area contributed by atoms with Crippen LogP contribution in [0, 0.1) is 11.8 Å². The van der Waals surface area contributed by atoms with Crippen LogP contribution in [0.5, 0.6) is 5.75 Å². The SMILES string of the molecule is O=C(O)CCCC#CCN1C(=O)CCC[C@@H]1/C=C/C(O)COc1ccccc1. The van der Waals surface area contributed by atoms with Crippen LogP contribution < -0.4 is 4.74 Å². The van der Waals surface area contributed by atoms with Gasteiger partial charge in [0.15, 0.2) is 0 Å². The van der Waals surface area contributed by atoms with Crippen LogP contribution in [-0.4, -0.2) is 52.3 Å². The highest BCUT2D eigenvalue weighted by molar-refractivity contribution is 5.77. The Balaban J connectivity index is 1.83. The van der Waals surface area contributed by atoms with E-state index >= 15 is 0 Å². The minimum absolute atomic E-state index is 0.0516. The van der Waals surface area contributed by atoms with Gasteiger partial charge in [-0.2, -0.15) is 0 Å². The van der Waals surface area contributed by atoms with Crippen LogP contribution >= 0.6 is 0 Å². The van der Waals surface area contributed by atoms with Crippen molar-refractivity contribution in [2.24, 2.45) is 0 Å². The summed E-state index contributed by atoms with van der Waals surface area (Å²) in [7, 11) is 0. The Bertz CT molecular complexity index is 719. The molecule has 2 N–H and O–H groups in total. The van der Waals surface area contributed by atoms with Gasteiger partial charge in [0.1, 0.15) is 18.5 Å². The quantitative estimate of drug-likeness (QED) is 0.388. The number of carboxylic acids is 1. The molecule has 2 rings (SSSR count). The highest BCUT2D eigenvalue weighted by Gasteiger charge is 2.25. The zero-order valence-corrected chi connectivity index (χ0v) is 15.9. The highest BCUT2D eigenvalue weighted by atomic mass is 16.5. The average molecular weight is 385 g/mol. The number of likely N-dealkylation sites (tertiary alicyclic amines) is 1. The molecule has 1 aromatic carbocycles. The number of hydrogen-bond acceptors (Lipinski definition) is 4. The van der Waals surface area contributed by atoms with Gasteiger partial charge in [0.2, 0.25) is 5.91 Å². The van der Waals surface area contributed by atoms with Crippen molar-refractivity contribution in [3.05, 3.63) is 42.5 Å². The monoisotopic (exact) mass is 385 g/mol. The molecule has 1 amide bonds. The molecule has 2 atom stereocenters. The predicted molar refractivity (Wildman–Crippen MR) is 106 cm³/mol. The van der Waals surface area contributed by atoms with Gasteiger partial charge in [0.05, 0.1) is 12.6 Å². The smallest absolute Gasteiger partial charge is 0.303 e. The predicted octanol–water partition coefficient (Wildman–Crippen LogP) is 2.62. The fraction of sp³-hybridized carbons (Fsp3) is 0.455. The summed E-state index contributed by atoms with van der Waals surface area (Å²) < 4.78 is 5.53. The van der Waals surface area contributed by atoms with Gasteiger partial charge in [-0.3, -0.25) is 9.59 Å². The lowest BCUT2D eigenvalue weighted by molar-refractivity contribution is -0.137.